The number of anilines is 1. The first kappa shape index (κ1) is 26.7. The molecule has 2 aromatic heterocycles. The number of hydrogen-bond donors (Lipinski definition) is 1. The molecule has 0 bridgehead atoms. The first-order valence-electron chi connectivity index (χ1n) is 11.8. The largest absolute Gasteiger partial charge is 0.619 e. The van der Waals surface area contributed by atoms with Gasteiger partial charge in [0.25, 0.3) is 0 Å². The number of halogens is 4. The van der Waals surface area contributed by atoms with Gasteiger partial charge in [0, 0.05) is 30.3 Å². The van der Waals surface area contributed by atoms with Gasteiger partial charge in [-0.3, -0.25) is 0 Å². The minimum atomic E-state index is -3.23. The van der Waals surface area contributed by atoms with E-state index in [1.54, 1.807) is 18.3 Å². The summed E-state index contributed by atoms with van der Waals surface area (Å²) in [6.07, 6.45) is 4.75. The summed E-state index contributed by atoms with van der Waals surface area (Å²) in [5, 5.41) is 14.8. The summed E-state index contributed by atoms with van der Waals surface area (Å²) in [4.78, 5) is 4.53. The number of hydrogen-bond acceptors (Lipinski definition) is 5. The third-order valence-electron chi connectivity index (χ3n) is 5.97. The van der Waals surface area contributed by atoms with Crippen LogP contribution in [0.5, 0.6) is 11.5 Å². The van der Waals surface area contributed by atoms with Crippen LogP contribution < -0.4 is 19.5 Å². The van der Waals surface area contributed by atoms with Gasteiger partial charge in [0.15, 0.2) is 23.9 Å². The quantitative estimate of drug-likeness (QED) is 0.138. The minimum Gasteiger partial charge on any atom is -0.619 e. The summed E-state index contributed by atoms with van der Waals surface area (Å²) in [5.74, 6) is -0.789. The van der Waals surface area contributed by atoms with Crippen molar-refractivity contribution in [2.24, 2.45) is 0 Å². The van der Waals surface area contributed by atoms with E-state index in [0.29, 0.717) is 22.5 Å². The SMILES string of the molecule is C[C@H](Nc1ccc(C(Cc2cc[n+]([O-])cc2)c2ccc(OC(F)F)c(OC(F)F)c2)cn1)c1ccccc1. The molecule has 0 saturated carbocycles. The van der Waals surface area contributed by atoms with Crippen molar-refractivity contribution in [1.82, 2.24) is 4.98 Å². The maximum absolute atomic E-state index is 13.0. The highest BCUT2D eigenvalue weighted by molar-refractivity contribution is 5.48. The van der Waals surface area contributed by atoms with Crippen molar-refractivity contribution in [3.8, 4) is 11.5 Å². The summed E-state index contributed by atoms with van der Waals surface area (Å²) < 4.78 is 61.2. The van der Waals surface area contributed by atoms with Crippen LogP contribution in [0.25, 0.3) is 0 Å². The van der Waals surface area contributed by atoms with Crippen molar-refractivity contribution < 1.29 is 31.8 Å². The van der Waals surface area contributed by atoms with Gasteiger partial charge in [-0.05, 0) is 53.8 Å². The molecule has 4 aromatic rings. The predicted octanol–water partition coefficient (Wildman–Crippen LogP) is 6.47. The van der Waals surface area contributed by atoms with Crippen LogP contribution in [-0.4, -0.2) is 18.2 Å². The zero-order chi connectivity index (χ0) is 27.1. The Morgan fingerprint density at radius 2 is 1.47 bits per heavy atom. The Balaban J connectivity index is 1.65. The molecule has 6 nitrogen and oxygen atoms in total. The molecule has 10 heteroatoms. The molecule has 1 N–H and O–H groups in total. The lowest BCUT2D eigenvalue weighted by Gasteiger charge is -2.21. The van der Waals surface area contributed by atoms with Gasteiger partial charge in [0.1, 0.15) is 5.82 Å². The van der Waals surface area contributed by atoms with E-state index in [1.165, 1.54) is 30.6 Å². The molecule has 38 heavy (non-hydrogen) atoms. The van der Waals surface area contributed by atoms with E-state index < -0.39 is 30.6 Å². The van der Waals surface area contributed by atoms with Gasteiger partial charge in [-0.2, -0.15) is 22.3 Å². The smallest absolute Gasteiger partial charge is 0.387 e. The van der Waals surface area contributed by atoms with E-state index in [9.17, 15) is 22.8 Å². The van der Waals surface area contributed by atoms with Crippen LogP contribution >= 0.6 is 0 Å². The predicted molar refractivity (Wildman–Crippen MR) is 133 cm³/mol. The van der Waals surface area contributed by atoms with Gasteiger partial charge in [0.05, 0.1) is 0 Å². The summed E-state index contributed by atoms with van der Waals surface area (Å²) >= 11 is 0. The summed E-state index contributed by atoms with van der Waals surface area (Å²) in [5.41, 5.74) is 3.15. The van der Waals surface area contributed by atoms with Crippen molar-refractivity contribution in [2.45, 2.75) is 38.5 Å². The van der Waals surface area contributed by atoms with E-state index in [1.807, 2.05) is 49.4 Å². The van der Waals surface area contributed by atoms with E-state index in [4.69, 9.17) is 0 Å². The molecule has 1 unspecified atom stereocenters. The molecule has 0 amide bonds. The molecule has 0 saturated heterocycles. The molecule has 2 heterocycles. The number of pyridine rings is 2. The van der Waals surface area contributed by atoms with Crippen LogP contribution in [0, 0.1) is 5.21 Å². The lowest BCUT2D eigenvalue weighted by Crippen LogP contribution is -2.24. The Morgan fingerprint density at radius 1 is 0.816 bits per heavy atom. The molecule has 0 spiro atoms. The molecule has 0 aliphatic carbocycles. The van der Waals surface area contributed by atoms with Crippen molar-refractivity contribution in [3.63, 3.8) is 0 Å². The third-order valence-corrected chi connectivity index (χ3v) is 5.97. The zero-order valence-corrected chi connectivity index (χ0v) is 20.3. The summed E-state index contributed by atoms with van der Waals surface area (Å²) in [6.45, 7) is -4.43. The van der Waals surface area contributed by atoms with Gasteiger partial charge in [-0.25, -0.2) is 4.98 Å². The van der Waals surface area contributed by atoms with Gasteiger partial charge in [-0.1, -0.05) is 42.5 Å². The second-order valence-electron chi connectivity index (χ2n) is 8.54. The maximum atomic E-state index is 13.0. The van der Waals surface area contributed by atoms with E-state index in [2.05, 4.69) is 19.8 Å². The normalized spacial score (nSPS) is 12.8. The number of alkyl halides is 4. The van der Waals surface area contributed by atoms with Crippen LogP contribution in [0.1, 0.15) is 41.1 Å². The Morgan fingerprint density at radius 3 is 2.11 bits per heavy atom. The second kappa shape index (κ2) is 12.3. The molecule has 4 rings (SSSR count). The molecule has 0 radical (unpaired) electrons. The van der Waals surface area contributed by atoms with E-state index in [-0.39, 0.29) is 6.04 Å². The summed E-state index contributed by atoms with van der Waals surface area (Å²) in [6, 6.07) is 20.8. The number of rotatable bonds is 11. The fourth-order valence-electron chi connectivity index (χ4n) is 4.11. The number of nitrogens with zero attached hydrogens (tertiary/aromatic N) is 2. The van der Waals surface area contributed by atoms with Crippen LogP contribution in [0.15, 0.2) is 91.4 Å². The molecular weight excluding hydrogens is 502 g/mol. The van der Waals surface area contributed by atoms with Gasteiger partial charge < -0.3 is 20.0 Å². The molecule has 0 aliphatic rings. The van der Waals surface area contributed by atoms with Gasteiger partial charge >= 0.3 is 13.2 Å². The fourth-order valence-corrected chi connectivity index (χ4v) is 4.11. The van der Waals surface area contributed by atoms with Crippen LogP contribution in [0.3, 0.4) is 0 Å². The first-order chi connectivity index (χ1) is 18.3. The topological polar surface area (TPSA) is 70.3 Å². The Kier molecular flexibility index (Phi) is 8.62. The Hall–Kier alpha value is -4.34. The van der Waals surface area contributed by atoms with E-state index in [0.717, 1.165) is 16.7 Å². The minimum absolute atomic E-state index is 0.00452. The van der Waals surface area contributed by atoms with Crippen LogP contribution in [0.4, 0.5) is 23.4 Å². The average molecular weight is 528 g/mol. The van der Waals surface area contributed by atoms with E-state index >= 15 is 0 Å². The number of benzene rings is 2. The first-order valence-corrected chi connectivity index (χ1v) is 11.8. The standard InChI is InChI=1S/C28H25F4N3O3/c1-18(20-5-3-2-4-6-20)34-26-10-8-22(17-33-26)23(15-19-11-13-35(36)14-12-19)21-7-9-24(37-27(29)30)25(16-21)38-28(31)32/h2-14,16-18,23,27-28H,15H2,1H3,(H,33,34)/t18-,23?/m0/s1. The molecule has 198 valence electrons. The lowest BCUT2D eigenvalue weighted by atomic mass is 9.86. The summed E-state index contributed by atoms with van der Waals surface area (Å²) in [7, 11) is 0. The second-order valence-corrected chi connectivity index (χ2v) is 8.54. The Labute approximate surface area is 217 Å². The highest BCUT2D eigenvalue weighted by atomic mass is 19.3. The molecule has 2 aromatic carbocycles. The lowest BCUT2D eigenvalue weighted by molar-refractivity contribution is -0.605. The van der Waals surface area contributed by atoms with Crippen molar-refractivity contribution in [3.05, 3.63) is 119 Å². The monoisotopic (exact) mass is 527 g/mol. The van der Waals surface area contributed by atoms with Crippen molar-refractivity contribution >= 4 is 5.82 Å². The van der Waals surface area contributed by atoms with Crippen molar-refractivity contribution in [2.75, 3.05) is 5.32 Å². The fraction of sp³-hybridized carbons (Fsp3) is 0.214. The van der Waals surface area contributed by atoms with Crippen LogP contribution in [0.2, 0.25) is 0 Å². The molecule has 0 fully saturated rings. The molecular formula is C28H25F4N3O3. The highest BCUT2D eigenvalue weighted by Gasteiger charge is 2.21. The molecule has 0 aliphatic heterocycles. The number of nitrogens with one attached hydrogen (secondary N) is 1. The van der Waals surface area contributed by atoms with Crippen molar-refractivity contribution in [1.29, 1.82) is 0 Å². The average Bonchev–Trinajstić information content (AvgIpc) is 2.90. The zero-order valence-electron chi connectivity index (χ0n) is 20.3. The number of ether oxygens (including phenoxy) is 2. The Bertz CT molecular complexity index is 1310. The maximum Gasteiger partial charge on any atom is 0.387 e. The van der Waals surface area contributed by atoms with Gasteiger partial charge in [0.2, 0.25) is 0 Å². The van der Waals surface area contributed by atoms with Crippen LogP contribution in [-0.2, 0) is 6.42 Å². The highest BCUT2D eigenvalue weighted by Crippen LogP contribution is 2.37. The number of aromatic nitrogens is 2. The van der Waals surface area contributed by atoms with Gasteiger partial charge in [-0.15, -0.1) is 0 Å². The molecule has 2 atom stereocenters. The third kappa shape index (κ3) is 7.12.